The third kappa shape index (κ3) is 4.08. The molecule has 0 aliphatic carbocycles. The molecule has 0 N–H and O–H groups in total. The van der Waals surface area contributed by atoms with Gasteiger partial charge in [0.2, 0.25) is 0 Å². The molecule has 7 aromatic carbocycles. The predicted octanol–water partition coefficient (Wildman–Crippen LogP) is 11.0. The van der Waals surface area contributed by atoms with Gasteiger partial charge < -0.3 is 8.98 Å². The minimum atomic E-state index is -0.568. The maximum absolute atomic E-state index is 9.12. The van der Waals surface area contributed by atoms with E-state index in [2.05, 4.69) is 0 Å². The quantitative estimate of drug-likeness (QED) is 0.195. The van der Waals surface area contributed by atoms with Gasteiger partial charge in [-0.05, 0) is 29.6 Å². The molecule has 0 aliphatic rings. The topological polar surface area (TPSA) is 56.7 Å². The zero-order valence-electron chi connectivity index (χ0n) is 34.9. The standard InChI is InChI=1S/C43H26N4O/c1-3-13-28(14-4-1)41-44-42(29-15-5-2-6-16-29)46-43(45-41)35-19-11-21-37-39(35)34-25-23-30(26-38(34)48-37)47-36-20-10-9-18-32(36)33-24-22-27-12-7-8-17-31(27)40(33)47/h1-26H/i7D,8D,9D,10D,12D,17D,18D,20D,22D,24D. The predicted molar refractivity (Wildman–Crippen MR) is 195 cm³/mol. The first-order valence-corrected chi connectivity index (χ1v) is 15.2. The largest absolute Gasteiger partial charge is 0.456 e. The third-order valence-corrected chi connectivity index (χ3v) is 8.52. The van der Waals surface area contributed by atoms with Crippen LogP contribution in [-0.4, -0.2) is 19.5 Å². The van der Waals surface area contributed by atoms with Gasteiger partial charge in [-0.1, -0.05) is 127 Å². The van der Waals surface area contributed by atoms with Crippen molar-refractivity contribution in [1.29, 1.82) is 0 Å². The lowest BCUT2D eigenvalue weighted by Crippen LogP contribution is -2.00. The zero-order chi connectivity index (χ0) is 40.3. The van der Waals surface area contributed by atoms with E-state index in [-0.39, 0.29) is 32.6 Å². The first-order valence-electron chi connectivity index (χ1n) is 20.2. The first kappa shape index (κ1) is 18.5. The molecule has 0 atom stereocenters. The number of benzene rings is 7. The lowest BCUT2D eigenvalue weighted by atomic mass is 10.0. The summed E-state index contributed by atoms with van der Waals surface area (Å²) >= 11 is 0. The van der Waals surface area contributed by atoms with Gasteiger partial charge in [0.15, 0.2) is 17.5 Å². The molecule has 3 aromatic heterocycles. The van der Waals surface area contributed by atoms with E-state index in [0.717, 1.165) is 11.1 Å². The Balaban J connectivity index is 1.29. The van der Waals surface area contributed by atoms with Gasteiger partial charge in [0, 0.05) is 55.4 Å². The maximum atomic E-state index is 9.12. The third-order valence-electron chi connectivity index (χ3n) is 8.52. The zero-order valence-corrected chi connectivity index (χ0v) is 24.9. The molecule has 48 heavy (non-hydrogen) atoms. The van der Waals surface area contributed by atoms with Gasteiger partial charge in [0.1, 0.15) is 11.2 Å². The highest BCUT2D eigenvalue weighted by Gasteiger charge is 2.20. The van der Waals surface area contributed by atoms with Crippen LogP contribution >= 0.6 is 0 Å². The Kier molecular flexibility index (Phi) is 4.04. The number of para-hydroxylation sites is 1. The molecule has 10 aromatic rings. The summed E-state index contributed by atoms with van der Waals surface area (Å²) in [4.78, 5) is 14.7. The molecule has 0 radical (unpaired) electrons. The number of rotatable bonds is 4. The van der Waals surface area contributed by atoms with Crippen molar-refractivity contribution in [2.45, 2.75) is 0 Å². The summed E-state index contributed by atoms with van der Waals surface area (Å²) in [6.07, 6.45) is 0. The highest BCUT2D eigenvalue weighted by molar-refractivity contribution is 6.19. The fourth-order valence-corrected chi connectivity index (χ4v) is 6.39. The summed E-state index contributed by atoms with van der Waals surface area (Å²) in [5.41, 5.74) is 3.58. The molecule has 3 heterocycles. The summed E-state index contributed by atoms with van der Waals surface area (Å²) in [6.45, 7) is 0. The smallest absolute Gasteiger partial charge is 0.164 e. The molecular formula is C43H26N4O. The van der Waals surface area contributed by atoms with Crippen LogP contribution in [0.15, 0.2) is 162 Å². The second-order valence-corrected chi connectivity index (χ2v) is 11.3. The van der Waals surface area contributed by atoms with Crippen LogP contribution in [0.25, 0.3) is 94.4 Å². The van der Waals surface area contributed by atoms with Crippen molar-refractivity contribution in [2.24, 2.45) is 0 Å². The fourth-order valence-electron chi connectivity index (χ4n) is 6.39. The second-order valence-electron chi connectivity index (χ2n) is 11.3. The number of nitrogens with zero attached hydrogens (tertiary/aromatic N) is 4. The normalized spacial score (nSPS) is 14.7. The van der Waals surface area contributed by atoms with Crippen LogP contribution in [0.5, 0.6) is 0 Å². The lowest BCUT2D eigenvalue weighted by molar-refractivity contribution is 0.668. The molecule has 0 spiro atoms. The van der Waals surface area contributed by atoms with Crippen LogP contribution in [0.3, 0.4) is 0 Å². The molecule has 0 fully saturated rings. The Morgan fingerprint density at radius 2 is 1.21 bits per heavy atom. The van der Waals surface area contributed by atoms with Crippen LogP contribution in [-0.2, 0) is 0 Å². The van der Waals surface area contributed by atoms with Gasteiger partial charge in [-0.25, -0.2) is 15.0 Å². The Hall–Kier alpha value is -6.59. The number of fused-ring (bicyclic) bond motifs is 8. The summed E-state index contributed by atoms with van der Waals surface area (Å²) < 4.78 is 95.7. The fraction of sp³-hybridized carbons (Fsp3) is 0. The van der Waals surface area contributed by atoms with E-state index in [0.29, 0.717) is 50.7 Å². The van der Waals surface area contributed by atoms with Crippen molar-refractivity contribution < 1.29 is 18.1 Å². The minimum Gasteiger partial charge on any atom is -0.456 e. The van der Waals surface area contributed by atoms with E-state index in [1.165, 1.54) is 4.57 Å². The van der Waals surface area contributed by atoms with Gasteiger partial charge in [-0.2, -0.15) is 0 Å². The SMILES string of the molecule is [2H]c1c([2H])c([2H])c2c(c1[2H])c([2H])c([2H])c1c3c([2H])c([2H])c([2H])c([2H])c3n(-c3ccc4c(c3)oc3cccc(-c5nc(-c6ccccc6)nc(-c6ccccc6)n5)c34)c21. The Labute approximate surface area is 289 Å². The van der Waals surface area contributed by atoms with E-state index in [1.54, 1.807) is 18.2 Å². The summed E-state index contributed by atoms with van der Waals surface area (Å²) in [5.74, 6) is 1.39. The summed E-state index contributed by atoms with van der Waals surface area (Å²) in [6, 6.07) is 25.1. The second kappa shape index (κ2) is 10.5. The van der Waals surface area contributed by atoms with E-state index in [4.69, 9.17) is 33.1 Å². The van der Waals surface area contributed by atoms with Crippen LogP contribution in [0.2, 0.25) is 0 Å². The molecule has 10 rings (SSSR count). The average Bonchev–Trinajstić information content (AvgIpc) is 3.81. The lowest BCUT2D eigenvalue weighted by Gasteiger charge is -2.10. The number of hydrogen-bond acceptors (Lipinski definition) is 4. The number of aromatic nitrogens is 4. The molecule has 0 saturated carbocycles. The molecule has 0 amide bonds. The van der Waals surface area contributed by atoms with Crippen molar-refractivity contribution >= 4 is 54.5 Å². The molecule has 0 saturated heterocycles. The van der Waals surface area contributed by atoms with Crippen LogP contribution in [0, 0.1) is 0 Å². The monoisotopic (exact) mass is 624 g/mol. The van der Waals surface area contributed by atoms with Crippen molar-refractivity contribution in [2.75, 3.05) is 0 Å². The van der Waals surface area contributed by atoms with E-state index >= 15 is 0 Å². The highest BCUT2D eigenvalue weighted by Crippen LogP contribution is 2.40. The Morgan fingerprint density at radius 3 is 1.98 bits per heavy atom. The maximum Gasteiger partial charge on any atom is 0.164 e. The molecule has 5 heteroatoms. The van der Waals surface area contributed by atoms with Crippen molar-refractivity contribution in [3.8, 4) is 39.9 Å². The minimum absolute atomic E-state index is 0.0166. The first-order chi connectivity index (χ1) is 28.0. The molecule has 0 aliphatic heterocycles. The molecular weight excluding hydrogens is 589 g/mol. The van der Waals surface area contributed by atoms with Gasteiger partial charge in [0.25, 0.3) is 0 Å². The van der Waals surface area contributed by atoms with Gasteiger partial charge in [-0.15, -0.1) is 0 Å². The van der Waals surface area contributed by atoms with Crippen molar-refractivity contribution in [1.82, 2.24) is 19.5 Å². The summed E-state index contributed by atoms with van der Waals surface area (Å²) in [5, 5.41) is 1.04. The Bertz CT molecular complexity index is 3350. The van der Waals surface area contributed by atoms with E-state index < -0.39 is 60.4 Å². The molecule has 5 nitrogen and oxygen atoms in total. The van der Waals surface area contributed by atoms with E-state index in [9.17, 15) is 0 Å². The van der Waals surface area contributed by atoms with Crippen LogP contribution < -0.4 is 0 Å². The van der Waals surface area contributed by atoms with Crippen LogP contribution in [0.4, 0.5) is 0 Å². The van der Waals surface area contributed by atoms with Crippen molar-refractivity contribution in [3.63, 3.8) is 0 Å². The van der Waals surface area contributed by atoms with Gasteiger partial charge >= 0.3 is 0 Å². The van der Waals surface area contributed by atoms with Crippen molar-refractivity contribution in [3.05, 3.63) is 157 Å². The number of furan rings is 1. The van der Waals surface area contributed by atoms with Crippen LogP contribution in [0.1, 0.15) is 13.7 Å². The summed E-state index contributed by atoms with van der Waals surface area (Å²) in [7, 11) is 0. The van der Waals surface area contributed by atoms with E-state index in [1.807, 2.05) is 78.9 Å². The average molecular weight is 625 g/mol. The number of hydrogen-bond donors (Lipinski definition) is 0. The van der Waals surface area contributed by atoms with Gasteiger partial charge in [0.05, 0.1) is 24.7 Å². The van der Waals surface area contributed by atoms with Gasteiger partial charge in [-0.3, -0.25) is 0 Å². The molecule has 0 bridgehead atoms. The Morgan fingerprint density at radius 1 is 0.521 bits per heavy atom. The molecule has 224 valence electrons. The molecule has 0 unspecified atom stereocenters. The highest BCUT2D eigenvalue weighted by atomic mass is 16.3.